The van der Waals surface area contributed by atoms with E-state index in [2.05, 4.69) is 46.3 Å². The number of aromatic nitrogens is 2. The molecule has 1 aromatic heterocycles. The van der Waals surface area contributed by atoms with Crippen molar-refractivity contribution < 1.29 is 9.59 Å². The fourth-order valence-corrected chi connectivity index (χ4v) is 4.55. The molecule has 7 nitrogen and oxygen atoms in total. The van der Waals surface area contributed by atoms with Crippen LogP contribution in [0.15, 0.2) is 66.7 Å². The van der Waals surface area contributed by atoms with Crippen molar-refractivity contribution in [1.82, 2.24) is 20.0 Å². The van der Waals surface area contributed by atoms with Gasteiger partial charge in [0.2, 0.25) is 11.8 Å². The summed E-state index contributed by atoms with van der Waals surface area (Å²) in [6, 6.07) is 22.1. The van der Waals surface area contributed by atoms with Crippen molar-refractivity contribution in [3.63, 3.8) is 0 Å². The smallest absolute Gasteiger partial charge is 0.242 e. The molecule has 1 aliphatic heterocycles. The second kappa shape index (κ2) is 12.5. The van der Waals surface area contributed by atoms with Crippen molar-refractivity contribution >= 4 is 17.6 Å². The number of aryl methyl sites for hydroxylation is 1. The van der Waals surface area contributed by atoms with Crippen LogP contribution in [0.4, 0.5) is 5.82 Å². The summed E-state index contributed by atoms with van der Waals surface area (Å²) < 4.78 is 0. The van der Waals surface area contributed by atoms with Crippen molar-refractivity contribution in [2.75, 3.05) is 37.6 Å². The molecule has 0 aliphatic carbocycles. The number of hydrogen-bond acceptors (Lipinski definition) is 5. The normalized spacial score (nSPS) is 13.9. The topological polar surface area (TPSA) is 69.6 Å². The van der Waals surface area contributed by atoms with E-state index >= 15 is 0 Å². The minimum atomic E-state index is -0.00399. The Morgan fingerprint density at radius 3 is 2.32 bits per heavy atom. The summed E-state index contributed by atoms with van der Waals surface area (Å²) in [5, 5.41) is 8.92. The summed E-state index contributed by atoms with van der Waals surface area (Å²) in [7, 11) is 0. The molecule has 2 amide bonds. The van der Waals surface area contributed by atoms with Crippen LogP contribution >= 0.6 is 0 Å². The van der Waals surface area contributed by atoms with Crippen LogP contribution in [0.1, 0.15) is 37.8 Å². The van der Waals surface area contributed by atoms with Gasteiger partial charge in [-0.25, -0.2) is 0 Å². The first kappa shape index (κ1) is 26.3. The molecular formula is C30H37N5O2. The summed E-state index contributed by atoms with van der Waals surface area (Å²) in [5.74, 6) is 1.08. The lowest BCUT2D eigenvalue weighted by molar-refractivity contribution is -0.141. The van der Waals surface area contributed by atoms with Crippen LogP contribution in [-0.4, -0.2) is 64.5 Å². The number of nitrogens with zero attached hydrogens (tertiary/aromatic N) is 5. The number of benzene rings is 2. The van der Waals surface area contributed by atoms with E-state index in [1.54, 1.807) is 4.90 Å². The summed E-state index contributed by atoms with van der Waals surface area (Å²) in [6.45, 7) is 9.42. The van der Waals surface area contributed by atoms with Gasteiger partial charge in [0, 0.05) is 44.7 Å². The third-order valence-corrected chi connectivity index (χ3v) is 6.65. The van der Waals surface area contributed by atoms with Gasteiger partial charge in [0.15, 0.2) is 5.82 Å². The standard InChI is InChI=1S/C30H37N5O2/c1-23(2)20-29(36)35(21-25-8-5-4-6-9-25)22-30(37)34-17-7-16-33(18-19-34)28-15-14-27(31-32-28)26-12-10-24(3)11-13-26/h4-6,8-15,23H,7,16-22H2,1-3H3. The third-order valence-electron chi connectivity index (χ3n) is 6.65. The lowest BCUT2D eigenvalue weighted by Crippen LogP contribution is -2.44. The summed E-state index contributed by atoms with van der Waals surface area (Å²) in [5.41, 5.74) is 4.14. The van der Waals surface area contributed by atoms with E-state index in [0.717, 1.165) is 35.6 Å². The van der Waals surface area contributed by atoms with Crippen molar-refractivity contribution in [2.24, 2.45) is 5.92 Å². The Morgan fingerprint density at radius 1 is 0.892 bits per heavy atom. The molecule has 2 aromatic carbocycles. The van der Waals surface area contributed by atoms with Crippen molar-refractivity contribution in [3.8, 4) is 11.3 Å². The summed E-state index contributed by atoms with van der Waals surface area (Å²) in [6.07, 6.45) is 1.27. The molecule has 0 spiro atoms. The monoisotopic (exact) mass is 499 g/mol. The maximum atomic E-state index is 13.3. The molecule has 0 saturated carbocycles. The summed E-state index contributed by atoms with van der Waals surface area (Å²) in [4.78, 5) is 32.0. The average molecular weight is 500 g/mol. The molecule has 0 atom stereocenters. The second-order valence-electron chi connectivity index (χ2n) is 10.2. The van der Waals surface area contributed by atoms with Crippen LogP contribution in [0, 0.1) is 12.8 Å². The Morgan fingerprint density at radius 2 is 1.65 bits per heavy atom. The van der Waals surface area contributed by atoms with E-state index in [-0.39, 0.29) is 24.3 Å². The quantitative estimate of drug-likeness (QED) is 0.454. The van der Waals surface area contributed by atoms with Crippen LogP contribution < -0.4 is 4.90 Å². The first-order chi connectivity index (χ1) is 17.9. The zero-order chi connectivity index (χ0) is 26.2. The van der Waals surface area contributed by atoms with E-state index in [1.165, 1.54) is 5.56 Å². The Hall–Kier alpha value is -3.74. The third kappa shape index (κ3) is 7.38. The molecule has 4 rings (SSSR count). The number of carbonyl (C=O) groups excluding carboxylic acids is 2. The molecule has 0 unspecified atom stereocenters. The largest absolute Gasteiger partial charge is 0.353 e. The molecule has 194 valence electrons. The second-order valence-corrected chi connectivity index (χ2v) is 10.2. The number of hydrogen-bond donors (Lipinski definition) is 0. The molecule has 1 saturated heterocycles. The number of anilines is 1. The van der Waals surface area contributed by atoms with Crippen LogP contribution in [0.5, 0.6) is 0 Å². The van der Waals surface area contributed by atoms with Crippen molar-refractivity contribution in [3.05, 3.63) is 77.9 Å². The van der Waals surface area contributed by atoms with Gasteiger partial charge in [-0.3, -0.25) is 9.59 Å². The molecule has 1 aliphatic rings. The highest BCUT2D eigenvalue weighted by Crippen LogP contribution is 2.20. The molecule has 0 radical (unpaired) electrons. The van der Waals surface area contributed by atoms with Gasteiger partial charge < -0.3 is 14.7 Å². The minimum absolute atomic E-state index is 0.00399. The van der Waals surface area contributed by atoms with Gasteiger partial charge >= 0.3 is 0 Å². The van der Waals surface area contributed by atoms with Gasteiger partial charge in [-0.05, 0) is 37.0 Å². The summed E-state index contributed by atoms with van der Waals surface area (Å²) >= 11 is 0. The van der Waals surface area contributed by atoms with Gasteiger partial charge in [0.1, 0.15) is 6.54 Å². The lowest BCUT2D eigenvalue weighted by Gasteiger charge is -2.27. The molecular weight excluding hydrogens is 462 g/mol. The minimum Gasteiger partial charge on any atom is -0.353 e. The van der Waals surface area contributed by atoms with E-state index in [1.807, 2.05) is 61.2 Å². The van der Waals surface area contributed by atoms with Crippen molar-refractivity contribution in [1.29, 1.82) is 0 Å². The predicted octanol–water partition coefficient (Wildman–Crippen LogP) is 4.57. The Labute approximate surface area is 220 Å². The molecule has 37 heavy (non-hydrogen) atoms. The predicted molar refractivity (Wildman–Crippen MR) is 147 cm³/mol. The fraction of sp³-hybridized carbons (Fsp3) is 0.400. The van der Waals surface area contributed by atoms with Crippen LogP contribution in [0.25, 0.3) is 11.3 Å². The molecule has 2 heterocycles. The van der Waals surface area contributed by atoms with E-state index in [4.69, 9.17) is 0 Å². The highest BCUT2D eigenvalue weighted by Gasteiger charge is 2.24. The van der Waals surface area contributed by atoms with Gasteiger partial charge in [-0.15, -0.1) is 10.2 Å². The van der Waals surface area contributed by atoms with Gasteiger partial charge in [0.25, 0.3) is 0 Å². The average Bonchev–Trinajstić information content (AvgIpc) is 3.16. The number of amides is 2. The number of carbonyl (C=O) groups is 2. The Balaban J connectivity index is 1.37. The van der Waals surface area contributed by atoms with Gasteiger partial charge in [-0.2, -0.15) is 0 Å². The zero-order valence-corrected chi connectivity index (χ0v) is 22.1. The van der Waals surface area contributed by atoms with E-state index in [9.17, 15) is 9.59 Å². The molecule has 0 bridgehead atoms. The van der Waals surface area contributed by atoms with Gasteiger partial charge in [0.05, 0.1) is 5.69 Å². The molecule has 3 aromatic rings. The number of rotatable bonds is 8. The molecule has 0 N–H and O–H groups in total. The first-order valence-electron chi connectivity index (χ1n) is 13.1. The van der Waals surface area contributed by atoms with E-state index in [0.29, 0.717) is 32.6 Å². The van der Waals surface area contributed by atoms with E-state index < -0.39 is 0 Å². The lowest BCUT2D eigenvalue weighted by atomic mass is 10.1. The van der Waals surface area contributed by atoms with Gasteiger partial charge in [-0.1, -0.05) is 74.0 Å². The molecule has 7 heteroatoms. The highest BCUT2D eigenvalue weighted by molar-refractivity contribution is 5.85. The highest BCUT2D eigenvalue weighted by atomic mass is 16.2. The Kier molecular flexibility index (Phi) is 8.88. The SMILES string of the molecule is Cc1ccc(-c2ccc(N3CCCN(C(=O)CN(Cc4ccccc4)C(=O)CC(C)C)CC3)nn2)cc1. The van der Waals surface area contributed by atoms with Crippen LogP contribution in [-0.2, 0) is 16.1 Å². The first-order valence-corrected chi connectivity index (χ1v) is 13.1. The van der Waals surface area contributed by atoms with Crippen molar-refractivity contribution in [2.45, 2.75) is 40.2 Å². The zero-order valence-electron chi connectivity index (χ0n) is 22.1. The van der Waals surface area contributed by atoms with Crippen LogP contribution in [0.2, 0.25) is 0 Å². The van der Waals surface area contributed by atoms with Crippen LogP contribution in [0.3, 0.4) is 0 Å². The fourth-order valence-electron chi connectivity index (χ4n) is 4.55. The maximum Gasteiger partial charge on any atom is 0.242 e. The Bertz CT molecular complexity index is 1160. The molecule has 1 fully saturated rings. The maximum absolute atomic E-state index is 13.3.